The van der Waals surface area contributed by atoms with E-state index in [4.69, 9.17) is 14.2 Å². The van der Waals surface area contributed by atoms with Crippen LogP contribution in [-0.2, 0) is 28.6 Å². The maximum absolute atomic E-state index is 12.7. The van der Waals surface area contributed by atoms with Crippen LogP contribution in [0.2, 0.25) is 0 Å². The van der Waals surface area contributed by atoms with Crippen molar-refractivity contribution >= 4 is 17.9 Å². The fourth-order valence-corrected chi connectivity index (χ4v) is 7.65. The third-order valence-corrected chi connectivity index (χ3v) is 12.0. The second kappa shape index (κ2) is 58.4. The van der Waals surface area contributed by atoms with Crippen LogP contribution in [0.4, 0.5) is 0 Å². The van der Waals surface area contributed by atoms with Crippen molar-refractivity contribution in [1.82, 2.24) is 0 Å². The van der Waals surface area contributed by atoms with E-state index in [-0.39, 0.29) is 31.1 Å². The number of hydrogen-bond acceptors (Lipinski definition) is 6. The molecule has 6 heteroatoms. The predicted octanol–water partition coefficient (Wildman–Crippen LogP) is 19.6. The Balaban J connectivity index is 4.17. The SMILES string of the molecule is CC/C=C\C/C=C\C/C=C\C/C=C\C/C=C\C/C=C\C/C=C\C/C=C\C/C=C\C/C=C\CCCCC(=O)OCC(COC(=O)CCCCCCC)OC(=O)CCCCCCCCCCCCCCCCC. The molecular weight excluding hydrogens is 877 g/mol. The molecule has 0 aromatic heterocycles. The Kier molecular flexibility index (Phi) is 54.9. The van der Waals surface area contributed by atoms with Crippen molar-refractivity contribution in [2.75, 3.05) is 13.2 Å². The van der Waals surface area contributed by atoms with Gasteiger partial charge in [-0.2, -0.15) is 0 Å². The van der Waals surface area contributed by atoms with Gasteiger partial charge < -0.3 is 14.2 Å². The fraction of sp³-hybridized carbons (Fsp3) is 0.646. The molecular formula is C65H106O6. The monoisotopic (exact) mass is 983 g/mol. The minimum Gasteiger partial charge on any atom is -0.462 e. The molecule has 0 aliphatic heterocycles. The van der Waals surface area contributed by atoms with Crippen molar-refractivity contribution in [3.63, 3.8) is 0 Å². The van der Waals surface area contributed by atoms with E-state index in [1.807, 2.05) is 0 Å². The highest BCUT2D eigenvalue weighted by atomic mass is 16.6. The molecule has 0 amide bonds. The van der Waals surface area contributed by atoms with Crippen LogP contribution < -0.4 is 0 Å². The van der Waals surface area contributed by atoms with E-state index in [0.717, 1.165) is 135 Å². The molecule has 71 heavy (non-hydrogen) atoms. The van der Waals surface area contributed by atoms with Gasteiger partial charge in [-0.25, -0.2) is 0 Å². The molecule has 0 N–H and O–H groups in total. The van der Waals surface area contributed by atoms with Gasteiger partial charge in [0, 0.05) is 19.3 Å². The Bertz CT molecular complexity index is 1500. The molecule has 402 valence electrons. The average Bonchev–Trinajstić information content (AvgIpc) is 3.37. The molecule has 0 rings (SSSR count). The Morgan fingerprint density at radius 1 is 0.296 bits per heavy atom. The highest BCUT2D eigenvalue weighted by Gasteiger charge is 2.19. The van der Waals surface area contributed by atoms with Gasteiger partial charge in [0.1, 0.15) is 13.2 Å². The zero-order chi connectivity index (χ0) is 51.4. The van der Waals surface area contributed by atoms with Crippen LogP contribution in [0, 0.1) is 0 Å². The molecule has 0 aromatic carbocycles. The van der Waals surface area contributed by atoms with Gasteiger partial charge in [-0.3, -0.25) is 14.4 Å². The van der Waals surface area contributed by atoms with E-state index in [1.54, 1.807) is 0 Å². The lowest BCUT2D eigenvalue weighted by Crippen LogP contribution is -2.30. The first kappa shape index (κ1) is 66.8. The van der Waals surface area contributed by atoms with Crippen molar-refractivity contribution < 1.29 is 28.6 Å². The summed E-state index contributed by atoms with van der Waals surface area (Å²) in [4.78, 5) is 37.7. The number of carbonyl (C=O) groups excluding carboxylic acids is 3. The van der Waals surface area contributed by atoms with Crippen LogP contribution in [0.1, 0.15) is 252 Å². The second-order valence-electron chi connectivity index (χ2n) is 18.8. The molecule has 0 aromatic rings. The van der Waals surface area contributed by atoms with Crippen LogP contribution in [0.3, 0.4) is 0 Å². The van der Waals surface area contributed by atoms with Gasteiger partial charge in [0.05, 0.1) is 0 Å². The molecule has 0 radical (unpaired) electrons. The van der Waals surface area contributed by atoms with Gasteiger partial charge in [-0.05, 0) is 96.3 Å². The van der Waals surface area contributed by atoms with Crippen LogP contribution in [-0.4, -0.2) is 37.2 Å². The van der Waals surface area contributed by atoms with E-state index in [0.29, 0.717) is 19.3 Å². The van der Waals surface area contributed by atoms with E-state index in [1.165, 1.54) is 77.0 Å². The lowest BCUT2D eigenvalue weighted by atomic mass is 10.0. The minimum absolute atomic E-state index is 0.0924. The van der Waals surface area contributed by atoms with Crippen LogP contribution in [0.15, 0.2) is 122 Å². The zero-order valence-corrected chi connectivity index (χ0v) is 45.9. The van der Waals surface area contributed by atoms with E-state index in [9.17, 15) is 14.4 Å². The lowest BCUT2D eigenvalue weighted by Gasteiger charge is -2.18. The second-order valence-corrected chi connectivity index (χ2v) is 18.8. The molecule has 0 saturated heterocycles. The molecule has 0 saturated carbocycles. The average molecular weight is 984 g/mol. The number of unbranched alkanes of at least 4 members (excludes halogenated alkanes) is 20. The van der Waals surface area contributed by atoms with Crippen LogP contribution >= 0.6 is 0 Å². The quantitative estimate of drug-likeness (QED) is 0.0261. The summed E-state index contributed by atoms with van der Waals surface area (Å²) in [5.74, 6) is -0.953. The van der Waals surface area contributed by atoms with E-state index < -0.39 is 6.10 Å². The molecule has 1 unspecified atom stereocenters. The van der Waals surface area contributed by atoms with Gasteiger partial charge in [0.2, 0.25) is 0 Å². The normalized spacial score (nSPS) is 13.0. The summed E-state index contributed by atoms with van der Waals surface area (Å²) < 4.78 is 16.7. The number of rotatable bonds is 51. The molecule has 0 spiro atoms. The third-order valence-electron chi connectivity index (χ3n) is 12.0. The summed E-state index contributed by atoms with van der Waals surface area (Å²) in [5, 5.41) is 0. The summed E-state index contributed by atoms with van der Waals surface area (Å²) in [6.45, 7) is 6.40. The molecule has 0 heterocycles. The summed E-state index contributed by atoms with van der Waals surface area (Å²) in [6.07, 6.45) is 81.0. The first-order chi connectivity index (χ1) is 35.0. The number of hydrogen-bond donors (Lipinski definition) is 0. The lowest BCUT2D eigenvalue weighted by molar-refractivity contribution is -0.167. The molecule has 0 fully saturated rings. The highest BCUT2D eigenvalue weighted by molar-refractivity contribution is 5.71. The Labute approximate surface area is 437 Å². The number of esters is 3. The van der Waals surface area contributed by atoms with Crippen LogP contribution in [0.5, 0.6) is 0 Å². The van der Waals surface area contributed by atoms with Gasteiger partial charge in [0.25, 0.3) is 0 Å². The van der Waals surface area contributed by atoms with Gasteiger partial charge in [-0.1, -0.05) is 258 Å². The topological polar surface area (TPSA) is 78.9 Å². The fourth-order valence-electron chi connectivity index (χ4n) is 7.65. The summed E-state index contributed by atoms with van der Waals surface area (Å²) in [6, 6.07) is 0. The van der Waals surface area contributed by atoms with Crippen molar-refractivity contribution in [3.05, 3.63) is 122 Å². The maximum Gasteiger partial charge on any atom is 0.306 e. The third kappa shape index (κ3) is 56.6. The molecule has 6 nitrogen and oxygen atoms in total. The minimum atomic E-state index is -0.792. The number of ether oxygens (including phenoxy) is 3. The molecule has 0 aliphatic carbocycles. The van der Waals surface area contributed by atoms with Crippen molar-refractivity contribution in [3.8, 4) is 0 Å². The van der Waals surface area contributed by atoms with Crippen LogP contribution in [0.25, 0.3) is 0 Å². The zero-order valence-electron chi connectivity index (χ0n) is 45.9. The molecule has 0 bridgehead atoms. The van der Waals surface area contributed by atoms with Gasteiger partial charge in [0.15, 0.2) is 6.10 Å². The first-order valence-corrected chi connectivity index (χ1v) is 29.0. The van der Waals surface area contributed by atoms with Crippen molar-refractivity contribution in [1.29, 1.82) is 0 Å². The summed E-state index contributed by atoms with van der Waals surface area (Å²) in [5.41, 5.74) is 0. The first-order valence-electron chi connectivity index (χ1n) is 29.0. The van der Waals surface area contributed by atoms with E-state index in [2.05, 4.69) is 142 Å². The Morgan fingerprint density at radius 3 is 0.859 bits per heavy atom. The number of allylic oxidation sites excluding steroid dienone is 20. The number of carbonyl (C=O) groups is 3. The predicted molar refractivity (Wildman–Crippen MR) is 306 cm³/mol. The highest BCUT2D eigenvalue weighted by Crippen LogP contribution is 2.15. The largest absolute Gasteiger partial charge is 0.462 e. The smallest absolute Gasteiger partial charge is 0.306 e. The molecule has 0 aliphatic rings. The van der Waals surface area contributed by atoms with E-state index >= 15 is 0 Å². The Hall–Kier alpha value is -4.19. The van der Waals surface area contributed by atoms with Gasteiger partial charge >= 0.3 is 17.9 Å². The van der Waals surface area contributed by atoms with Gasteiger partial charge in [-0.15, -0.1) is 0 Å². The standard InChI is InChI=1S/C65H106O6/c1-4-7-10-13-15-17-19-21-23-24-25-26-27-28-29-30-31-32-33-34-35-36-37-38-39-40-42-43-45-47-49-52-55-58-64(67)70-61-62(60-69-63(66)57-54-51-12-9-6-3)71-65(68)59-56-53-50-48-46-44-41-22-20-18-16-14-11-8-5-2/h7,10,15,17,21,23,25-26,28-29,31-32,34-35,37-38,40,42,45,47,62H,4-6,8-9,11-14,16,18-20,22,24,27,30,33,36,39,41,43-44,46,48-61H2,1-3H3/b10-7-,17-15-,23-21-,26-25-,29-28-,32-31-,35-34-,38-37-,42-40-,47-45-. The summed E-state index contributed by atoms with van der Waals surface area (Å²) >= 11 is 0. The summed E-state index contributed by atoms with van der Waals surface area (Å²) in [7, 11) is 0. The molecule has 1 atom stereocenters. The van der Waals surface area contributed by atoms with Crippen molar-refractivity contribution in [2.45, 2.75) is 258 Å². The maximum atomic E-state index is 12.7. The Morgan fingerprint density at radius 2 is 0.549 bits per heavy atom. The van der Waals surface area contributed by atoms with Crippen molar-refractivity contribution in [2.24, 2.45) is 0 Å².